The Labute approximate surface area is 98.5 Å². The highest BCUT2D eigenvalue weighted by atomic mass is 19.1. The van der Waals surface area contributed by atoms with Gasteiger partial charge in [-0.25, -0.2) is 4.39 Å². The minimum atomic E-state index is -0.234. The highest BCUT2D eigenvalue weighted by Crippen LogP contribution is 2.23. The number of benzene rings is 1. The van der Waals surface area contributed by atoms with E-state index in [4.69, 9.17) is 0 Å². The smallest absolute Gasteiger partial charge is 0.154 e. The molecule has 1 fully saturated rings. The molecule has 1 aromatic carbocycles. The van der Waals surface area contributed by atoms with Crippen LogP contribution in [0.15, 0.2) is 30.6 Å². The average molecular weight is 232 g/mol. The molecule has 0 saturated carbocycles. The van der Waals surface area contributed by atoms with Crippen LogP contribution in [0.25, 0.3) is 5.69 Å². The molecule has 1 N–H and O–H groups in total. The van der Waals surface area contributed by atoms with Crippen molar-refractivity contribution in [1.82, 2.24) is 20.1 Å². The zero-order chi connectivity index (χ0) is 11.7. The van der Waals surface area contributed by atoms with Crippen LogP contribution in [-0.4, -0.2) is 21.3 Å². The summed E-state index contributed by atoms with van der Waals surface area (Å²) in [5.41, 5.74) is 0.889. The largest absolute Gasteiger partial charge is 0.307 e. The molecule has 5 heteroatoms. The van der Waals surface area contributed by atoms with E-state index in [0.29, 0.717) is 0 Å². The predicted octanol–water partition coefficient (Wildman–Crippen LogP) is 1.83. The van der Waals surface area contributed by atoms with Gasteiger partial charge in [0, 0.05) is 5.69 Å². The predicted molar refractivity (Wildman–Crippen MR) is 61.3 cm³/mol. The SMILES string of the molecule is Fc1ccc(-n2cnnc2C2CCCN2)cc1. The van der Waals surface area contributed by atoms with Gasteiger partial charge in [0.15, 0.2) is 5.82 Å². The molecule has 1 unspecified atom stereocenters. The zero-order valence-corrected chi connectivity index (χ0v) is 9.31. The van der Waals surface area contributed by atoms with E-state index in [1.807, 2.05) is 4.57 Å². The maximum Gasteiger partial charge on any atom is 0.154 e. The van der Waals surface area contributed by atoms with Crippen molar-refractivity contribution in [3.05, 3.63) is 42.2 Å². The lowest BCUT2D eigenvalue weighted by Gasteiger charge is -2.11. The average Bonchev–Trinajstić information content (AvgIpc) is 3.00. The van der Waals surface area contributed by atoms with Crippen molar-refractivity contribution in [2.45, 2.75) is 18.9 Å². The molecule has 0 radical (unpaired) electrons. The summed E-state index contributed by atoms with van der Waals surface area (Å²) in [7, 11) is 0. The van der Waals surface area contributed by atoms with Crippen LogP contribution in [-0.2, 0) is 0 Å². The molecule has 0 amide bonds. The molecule has 1 aliphatic rings. The lowest BCUT2D eigenvalue weighted by Crippen LogP contribution is -2.17. The third kappa shape index (κ3) is 1.93. The molecule has 17 heavy (non-hydrogen) atoms. The van der Waals surface area contributed by atoms with E-state index >= 15 is 0 Å². The van der Waals surface area contributed by atoms with Crippen LogP contribution >= 0.6 is 0 Å². The molecule has 1 aliphatic heterocycles. The van der Waals surface area contributed by atoms with Gasteiger partial charge in [-0.2, -0.15) is 0 Å². The van der Waals surface area contributed by atoms with Crippen LogP contribution in [0.4, 0.5) is 4.39 Å². The molecule has 3 rings (SSSR count). The van der Waals surface area contributed by atoms with Gasteiger partial charge in [0.05, 0.1) is 6.04 Å². The van der Waals surface area contributed by atoms with Crippen molar-refractivity contribution in [1.29, 1.82) is 0 Å². The summed E-state index contributed by atoms with van der Waals surface area (Å²) in [5.74, 6) is 0.663. The van der Waals surface area contributed by atoms with Crippen molar-refractivity contribution in [3.63, 3.8) is 0 Å². The molecule has 2 aromatic rings. The quantitative estimate of drug-likeness (QED) is 0.859. The number of nitrogens with zero attached hydrogens (tertiary/aromatic N) is 3. The first-order valence-electron chi connectivity index (χ1n) is 5.74. The van der Waals surface area contributed by atoms with E-state index < -0.39 is 0 Å². The number of hydrogen-bond acceptors (Lipinski definition) is 3. The van der Waals surface area contributed by atoms with E-state index in [0.717, 1.165) is 30.9 Å². The van der Waals surface area contributed by atoms with Crippen molar-refractivity contribution in [3.8, 4) is 5.69 Å². The zero-order valence-electron chi connectivity index (χ0n) is 9.31. The molecule has 1 atom stereocenters. The molecule has 1 saturated heterocycles. The summed E-state index contributed by atoms with van der Waals surface area (Å²) in [4.78, 5) is 0. The summed E-state index contributed by atoms with van der Waals surface area (Å²) >= 11 is 0. The highest BCUT2D eigenvalue weighted by molar-refractivity contribution is 5.33. The Hall–Kier alpha value is -1.75. The number of nitrogens with one attached hydrogen (secondary N) is 1. The first kappa shape index (κ1) is 10.4. The minimum absolute atomic E-state index is 0.234. The van der Waals surface area contributed by atoms with Gasteiger partial charge in [0.1, 0.15) is 12.1 Å². The van der Waals surface area contributed by atoms with Gasteiger partial charge in [-0.15, -0.1) is 10.2 Å². The topological polar surface area (TPSA) is 42.7 Å². The van der Waals surface area contributed by atoms with Gasteiger partial charge in [-0.1, -0.05) is 0 Å². The molecule has 88 valence electrons. The van der Waals surface area contributed by atoms with Crippen LogP contribution in [0.5, 0.6) is 0 Å². The van der Waals surface area contributed by atoms with Gasteiger partial charge >= 0.3 is 0 Å². The second kappa shape index (κ2) is 4.25. The third-order valence-corrected chi connectivity index (χ3v) is 3.05. The Kier molecular flexibility index (Phi) is 2.60. The number of rotatable bonds is 2. The number of aromatic nitrogens is 3. The van der Waals surface area contributed by atoms with E-state index in [2.05, 4.69) is 15.5 Å². The maximum atomic E-state index is 12.9. The molecule has 4 nitrogen and oxygen atoms in total. The Morgan fingerprint density at radius 3 is 2.82 bits per heavy atom. The van der Waals surface area contributed by atoms with Crippen molar-refractivity contribution >= 4 is 0 Å². The monoisotopic (exact) mass is 232 g/mol. The molecular formula is C12H13FN4. The molecule has 0 bridgehead atoms. The Balaban J connectivity index is 1.97. The minimum Gasteiger partial charge on any atom is -0.307 e. The standard InChI is InChI=1S/C12H13FN4/c13-9-3-5-10(6-4-9)17-8-15-16-12(17)11-2-1-7-14-11/h3-6,8,11,14H,1-2,7H2. The highest BCUT2D eigenvalue weighted by Gasteiger charge is 2.21. The van der Waals surface area contributed by atoms with Gasteiger partial charge < -0.3 is 5.32 Å². The summed E-state index contributed by atoms with van der Waals surface area (Å²) in [6, 6.07) is 6.61. The molecule has 0 spiro atoms. The normalized spacial score (nSPS) is 19.7. The molecule has 2 heterocycles. The van der Waals surface area contributed by atoms with Gasteiger partial charge in [-0.3, -0.25) is 4.57 Å². The Morgan fingerprint density at radius 1 is 1.29 bits per heavy atom. The van der Waals surface area contributed by atoms with Crippen molar-refractivity contribution < 1.29 is 4.39 Å². The van der Waals surface area contributed by atoms with Crippen molar-refractivity contribution in [2.24, 2.45) is 0 Å². The van der Waals surface area contributed by atoms with Crippen LogP contribution in [0.3, 0.4) is 0 Å². The second-order valence-corrected chi connectivity index (χ2v) is 4.18. The summed E-state index contributed by atoms with van der Waals surface area (Å²) in [6.45, 7) is 1.01. The van der Waals surface area contributed by atoms with Gasteiger partial charge in [0.2, 0.25) is 0 Å². The van der Waals surface area contributed by atoms with E-state index in [1.54, 1.807) is 18.5 Å². The summed E-state index contributed by atoms with van der Waals surface area (Å²) in [5, 5.41) is 11.5. The van der Waals surface area contributed by atoms with E-state index in [-0.39, 0.29) is 11.9 Å². The maximum absolute atomic E-state index is 12.9. The van der Waals surface area contributed by atoms with Crippen LogP contribution in [0.2, 0.25) is 0 Å². The van der Waals surface area contributed by atoms with Crippen molar-refractivity contribution in [2.75, 3.05) is 6.54 Å². The third-order valence-electron chi connectivity index (χ3n) is 3.05. The lowest BCUT2D eigenvalue weighted by atomic mass is 10.2. The molecule has 1 aromatic heterocycles. The first-order valence-corrected chi connectivity index (χ1v) is 5.74. The fraction of sp³-hybridized carbons (Fsp3) is 0.333. The van der Waals surface area contributed by atoms with Gasteiger partial charge in [0.25, 0.3) is 0 Å². The fourth-order valence-electron chi connectivity index (χ4n) is 2.19. The van der Waals surface area contributed by atoms with E-state index in [1.165, 1.54) is 12.1 Å². The molecular weight excluding hydrogens is 219 g/mol. The van der Waals surface area contributed by atoms with E-state index in [9.17, 15) is 4.39 Å². The lowest BCUT2D eigenvalue weighted by molar-refractivity contribution is 0.591. The number of hydrogen-bond donors (Lipinski definition) is 1. The van der Waals surface area contributed by atoms with Crippen LogP contribution in [0.1, 0.15) is 24.7 Å². The van der Waals surface area contributed by atoms with Crippen LogP contribution in [0, 0.1) is 5.82 Å². The first-order chi connectivity index (χ1) is 8.34. The summed E-state index contributed by atoms with van der Waals surface area (Å²) in [6.07, 6.45) is 3.89. The molecule has 0 aliphatic carbocycles. The van der Waals surface area contributed by atoms with Gasteiger partial charge in [-0.05, 0) is 43.7 Å². The fourth-order valence-corrected chi connectivity index (χ4v) is 2.19. The Morgan fingerprint density at radius 2 is 2.12 bits per heavy atom. The second-order valence-electron chi connectivity index (χ2n) is 4.18. The van der Waals surface area contributed by atoms with Crippen LogP contribution < -0.4 is 5.32 Å². The summed E-state index contributed by atoms with van der Waals surface area (Å²) < 4.78 is 14.8. The Bertz CT molecular complexity index is 499. The number of halogens is 1.